The van der Waals surface area contributed by atoms with E-state index in [-0.39, 0.29) is 5.91 Å². The summed E-state index contributed by atoms with van der Waals surface area (Å²) in [6.45, 7) is 1.96. The number of rotatable bonds is 2. The molecule has 2 aromatic carbocycles. The minimum Gasteiger partial charge on any atom is -0.314 e. The predicted molar refractivity (Wildman–Crippen MR) is 87.7 cm³/mol. The molecule has 0 spiro atoms. The first kappa shape index (κ1) is 13.9. The molecule has 1 unspecified atom stereocenters. The summed E-state index contributed by atoms with van der Waals surface area (Å²) < 4.78 is 0. The minimum atomic E-state index is -0.620. The summed E-state index contributed by atoms with van der Waals surface area (Å²) in [7, 11) is 1.82. The van der Waals surface area contributed by atoms with Crippen molar-refractivity contribution in [3.8, 4) is 0 Å². The number of para-hydroxylation sites is 1. The second-order valence-corrected chi connectivity index (χ2v) is 5.90. The summed E-state index contributed by atoms with van der Waals surface area (Å²) in [6, 6.07) is 15.5. The van der Waals surface area contributed by atoms with Gasteiger partial charge in [-0.3, -0.25) is 4.79 Å². The smallest absolute Gasteiger partial charge is 0.241 e. The van der Waals surface area contributed by atoms with Crippen LogP contribution < -0.4 is 4.90 Å². The van der Waals surface area contributed by atoms with Gasteiger partial charge in [0.1, 0.15) is 0 Å². The molecule has 0 N–H and O–H groups in total. The van der Waals surface area contributed by atoms with Crippen molar-refractivity contribution in [3.05, 3.63) is 70.8 Å². The fourth-order valence-corrected chi connectivity index (χ4v) is 2.90. The molecule has 1 atom stereocenters. The number of nitrogens with zero attached hydrogens (tertiary/aromatic N) is 1. The minimum absolute atomic E-state index is 0.0916. The monoisotopic (exact) mass is 297 g/mol. The lowest BCUT2D eigenvalue weighted by Crippen LogP contribution is -2.34. The second-order valence-electron chi connectivity index (χ2n) is 5.47. The lowest BCUT2D eigenvalue weighted by molar-refractivity contribution is -0.120. The molecule has 0 aromatic heterocycles. The van der Waals surface area contributed by atoms with Gasteiger partial charge in [0.15, 0.2) is 0 Å². The highest BCUT2D eigenvalue weighted by molar-refractivity contribution is 6.30. The normalized spacial score (nSPS) is 21.1. The van der Waals surface area contributed by atoms with E-state index in [1.807, 2.05) is 74.7 Å². The molecule has 3 heteroatoms. The van der Waals surface area contributed by atoms with E-state index in [4.69, 9.17) is 11.6 Å². The van der Waals surface area contributed by atoms with E-state index in [1.54, 1.807) is 4.90 Å². The van der Waals surface area contributed by atoms with Crippen molar-refractivity contribution in [2.45, 2.75) is 12.3 Å². The molecule has 0 saturated heterocycles. The highest BCUT2D eigenvalue weighted by Gasteiger charge is 2.43. The Hall–Kier alpha value is -2.06. The Bertz CT molecular complexity index is 720. The number of hydrogen-bond acceptors (Lipinski definition) is 1. The highest BCUT2D eigenvalue weighted by Crippen LogP contribution is 2.42. The number of carbonyl (C=O) groups is 1. The van der Waals surface area contributed by atoms with Crippen LogP contribution in [0.25, 0.3) is 6.08 Å². The molecule has 2 aromatic rings. The van der Waals surface area contributed by atoms with E-state index < -0.39 is 5.41 Å². The van der Waals surface area contributed by atoms with Gasteiger partial charge in [-0.15, -0.1) is 0 Å². The molecular weight excluding hydrogens is 282 g/mol. The van der Waals surface area contributed by atoms with E-state index in [1.165, 1.54) is 0 Å². The quantitative estimate of drug-likeness (QED) is 0.810. The molecule has 0 radical (unpaired) electrons. The molecule has 1 amide bonds. The SMILES string of the molecule is CN1C(=O)C(C)(/C=C/c2ccc(Cl)cc2)c2ccccc21. The standard InChI is InChI=1S/C18H16ClNO/c1-18(12-11-13-7-9-14(19)10-8-13)15-5-3-4-6-16(15)20(2)17(18)21/h3-12H,1-2H3/b12-11+. The van der Waals surface area contributed by atoms with Crippen molar-refractivity contribution in [1.29, 1.82) is 0 Å². The van der Waals surface area contributed by atoms with Crippen LogP contribution in [0.1, 0.15) is 18.1 Å². The second kappa shape index (κ2) is 5.05. The van der Waals surface area contributed by atoms with Crippen molar-refractivity contribution >= 4 is 29.3 Å². The third-order valence-electron chi connectivity index (χ3n) is 4.05. The molecule has 21 heavy (non-hydrogen) atoms. The first-order valence-corrected chi connectivity index (χ1v) is 7.22. The van der Waals surface area contributed by atoms with Crippen LogP contribution in [0.2, 0.25) is 5.02 Å². The van der Waals surface area contributed by atoms with Gasteiger partial charge in [0.2, 0.25) is 5.91 Å². The third kappa shape index (κ3) is 2.26. The molecule has 3 rings (SSSR count). The Kier molecular flexibility index (Phi) is 3.34. The van der Waals surface area contributed by atoms with Gasteiger partial charge in [0.05, 0.1) is 5.41 Å². The van der Waals surface area contributed by atoms with Gasteiger partial charge in [-0.1, -0.05) is 54.1 Å². The van der Waals surface area contributed by atoms with Gasteiger partial charge in [0.25, 0.3) is 0 Å². The average molecular weight is 298 g/mol. The Morgan fingerprint density at radius 1 is 1.10 bits per heavy atom. The number of amides is 1. The maximum absolute atomic E-state index is 12.6. The maximum atomic E-state index is 12.6. The van der Waals surface area contributed by atoms with Gasteiger partial charge in [-0.05, 0) is 36.2 Å². The topological polar surface area (TPSA) is 20.3 Å². The van der Waals surface area contributed by atoms with Crippen LogP contribution in [0.4, 0.5) is 5.69 Å². The fourth-order valence-electron chi connectivity index (χ4n) is 2.78. The number of hydrogen-bond donors (Lipinski definition) is 0. The Morgan fingerprint density at radius 3 is 2.48 bits per heavy atom. The van der Waals surface area contributed by atoms with Crippen molar-refractivity contribution in [2.24, 2.45) is 0 Å². The zero-order valence-electron chi connectivity index (χ0n) is 12.0. The van der Waals surface area contributed by atoms with E-state index in [0.29, 0.717) is 5.02 Å². The average Bonchev–Trinajstić information content (AvgIpc) is 2.70. The summed E-state index contributed by atoms with van der Waals surface area (Å²) in [5.74, 6) is 0.0916. The Labute approximate surface area is 129 Å². The number of fused-ring (bicyclic) bond motifs is 1. The van der Waals surface area contributed by atoms with Crippen molar-refractivity contribution < 1.29 is 4.79 Å². The molecule has 0 aliphatic carbocycles. The summed E-state index contributed by atoms with van der Waals surface area (Å²) in [5.41, 5.74) is 2.43. The third-order valence-corrected chi connectivity index (χ3v) is 4.30. The van der Waals surface area contributed by atoms with E-state index in [9.17, 15) is 4.79 Å². The highest BCUT2D eigenvalue weighted by atomic mass is 35.5. The van der Waals surface area contributed by atoms with Crippen molar-refractivity contribution in [1.82, 2.24) is 0 Å². The molecule has 1 aliphatic heterocycles. The van der Waals surface area contributed by atoms with E-state index in [2.05, 4.69) is 0 Å². The predicted octanol–water partition coefficient (Wildman–Crippen LogP) is 4.29. The number of carbonyl (C=O) groups excluding carboxylic acids is 1. The molecule has 1 aliphatic rings. The molecule has 106 valence electrons. The first-order chi connectivity index (χ1) is 10.0. The van der Waals surface area contributed by atoms with Crippen molar-refractivity contribution in [2.75, 3.05) is 11.9 Å². The van der Waals surface area contributed by atoms with Crippen LogP contribution in [-0.4, -0.2) is 13.0 Å². The van der Waals surface area contributed by atoms with Crippen LogP contribution in [0.15, 0.2) is 54.6 Å². The summed E-state index contributed by atoms with van der Waals surface area (Å²) >= 11 is 5.89. The lowest BCUT2D eigenvalue weighted by atomic mass is 9.83. The fraction of sp³-hybridized carbons (Fsp3) is 0.167. The number of anilines is 1. The Balaban J connectivity index is 2.01. The Morgan fingerprint density at radius 2 is 1.76 bits per heavy atom. The molecule has 1 heterocycles. The molecule has 2 nitrogen and oxygen atoms in total. The first-order valence-electron chi connectivity index (χ1n) is 6.85. The zero-order chi connectivity index (χ0) is 15.0. The molecular formula is C18H16ClNO. The van der Waals surface area contributed by atoms with E-state index in [0.717, 1.165) is 16.8 Å². The number of halogens is 1. The van der Waals surface area contributed by atoms with Crippen LogP contribution in [-0.2, 0) is 10.2 Å². The van der Waals surface area contributed by atoms with Crippen LogP contribution in [0, 0.1) is 0 Å². The van der Waals surface area contributed by atoms with Crippen molar-refractivity contribution in [3.63, 3.8) is 0 Å². The lowest BCUT2D eigenvalue weighted by Gasteiger charge is -2.18. The molecule has 0 saturated carbocycles. The zero-order valence-corrected chi connectivity index (χ0v) is 12.8. The largest absolute Gasteiger partial charge is 0.314 e. The van der Waals surface area contributed by atoms with Crippen LogP contribution >= 0.6 is 11.6 Å². The molecule has 0 fully saturated rings. The maximum Gasteiger partial charge on any atom is 0.241 e. The number of benzene rings is 2. The van der Waals surface area contributed by atoms with Gasteiger partial charge in [-0.2, -0.15) is 0 Å². The van der Waals surface area contributed by atoms with E-state index >= 15 is 0 Å². The summed E-state index contributed by atoms with van der Waals surface area (Å²) in [4.78, 5) is 14.3. The number of likely N-dealkylation sites (N-methyl/N-ethyl adjacent to an activating group) is 1. The van der Waals surface area contributed by atoms with Gasteiger partial charge >= 0.3 is 0 Å². The van der Waals surface area contributed by atoms with Gasteiger partial charge in [-0.25, -0.2) is 0 Å². The summed E-state index contributed by atoms with van der Waals surface area (Å²) in [5, 5.41) is 0.709. The van der Waals surface area contributed by atoms with Crippen LogP contribution in [0.3, 0.4) is 0 Å². The van der Waals surface area contributed by atoms with Gasteiger partial charge in [0, 0.05) is 17.8 Å². The van der Waals surface area contributed by atoms with Gasteiger partial charge < -0.3 is 4.90 Å². The van der Waals surface area contributed by atoms with Crippen LogP contribution in [0.5, 0.6) is 0 Å². The summed E-state index contributed by atoms with van der Waals surface area (Å²) in [6.07, 6.45) is 3.95. The molecule has 0 bridgehead atoms.